The molecule has 2 heterocycles. The van der Waals surface area contributed by atoms with E-state index in [2.05, 4.69) is 4.98 Å². The molecule has 138 valence electrons. The van der Waals surface area contributed by atoms with Gasteiger partial charge in [0.2, 0.25) is 5.91 Å². The molecule has 0 N–H and O–H groups in total. The Morgan fingerprint density at radius 2 is 1.78 bits per heavy atom. The van der Waals surface area contributed by atoms with Gasteiger partial charge in [-0.05, 0) is 57.4 Å². The number of amides is 1. The van der Waals surface area contributed by atoms with Gasteiger partial charge >= 0.3 is 0 Å². The van der Waals surface area contributed by atoms with Crippen molar-refractivity contribution in [3.05, 3.63) is 58.9 Å². The second kappa shape index (κ2) is 6.12. The number of fused-ring (bicyclic) bond motifs is 1. The number of ketones is 2. The summed E-state index contributed by atoms with van der Waals surface area (Å²) in [5.74, 6) is -0.362. The van der Waals surface area contributed by atoms with E-state index in [4.69, 9.17) is 0 Å². The van der Waals surface area contributed by atoms with Gasteiger partial charge in [-0.1, -0.05) is 12.1 Å². The average molecular weight is 362 g/mol. The summed E-state index contributed by atoms with van der Waals surface area (Å²) in [5, 5.41) is 0. The molecule has 1 saturated carbocycles. The highest BCUT2D eigenvalue weighted by Gasteiger charge is 2.49. The summed E-state index contributed by atoms with van der Waals surface area (Å²) in [4.78, 5) is 43.9. The SMILES string of the molecule is Cc1cc(C(=O)CC(=O)c2ccc3c(c2)N(C2CC2)C(=O)C3(C)C)ccn1. The Hall–Kier alpha value is -2.82. The van der Waals surface area contributed by atoms with Crippen LogP contribution in [0.4, 0.5) is 5.69 Å². The molecule has 27 heavy (non-hydrogen) atoms. The van der Waals surface area contributed by atoms with E-state index in [1.165, 1.54) is 0 Å². The summed E-state index contributed by atoms with van der Waals surface area (Å²) in [5.41, 5.74) is 2.91. The molecule has 1 aromatic carbocycles. The lowest BCUT2D eigenvalue weighted by atomic mass is 9.85. The highest BCUT2D eigenvalue weighted by molar-refractivity contribution is 6.15. The van der Waals surface area contributed by atoms with Gasteiger partial charge in [0, 0.05) is 34.7 Å². The first-order valence-electron chi connectivity index (χ1n) is 9.26. The number of hydrogen-bond donors (Lipinski definition) is 0. The van der Waals surface area contributed by atoms with Crippen molar-refractivity contribution in [1.82, 2.24) is 4.98 Å². The molecule has 1 aromatic heterocycles. The summed E-state index contributed by atoms with van der Waals surface area (Å²) >= 11 is 0. The number of Topliss-reactive ketones (excluding diaryl/α,β-unsaturated/α-hetero) is 2. The number of aryl methyl sites for hydroxylation is 1. The lowest BCUT2D eigenvalue weighted by Crippen LogP contribution is -2.37. The van der Waals surface area contributed by atoms with Gasteiger partial charge < -0.3 is 4.90 Å². The number of rotatable bonds is 5. The van der Waals surface area contributed by atoms with Crippen LogP contribution in [0.3, 0.4) is 0 Å². The highest BCUT2D eigenvalue weighted by atomic mass is 16.2. The van der Waals surface area contributed by atoms with Gasteiger partial charge in [-0.25, -0.2) is 0 Å². The molecule has 1 aliphatic heterocycles. The number of hydrogen-bond acceptors (Lipinski definition) is 4. The molecule has 5 nitrogen and oxygen atoms in total. The molecule has 0 unspecified atom stereocenters. The van der Waals surface area contributed by atoms with E-state index in [0.29, 0.717) is 11.1 Å². The van der Waals surface area contributed by atoms with Gasteiger partial charge in [-0.2, -0.15) is 0 Å². The van der Waals surface area contributed by atoms with Crippen LogP contribution in [0.2, 0.25) is 0 Å². The van der Waals surface area contributed by atoms with Gasteiger partial charge in [0.05, 0.1) is 11.8 Å². The number of pyridine rings is 1. The van der Waals surface area contributed by atoms with E-state index >= 15 is 0 Å². The second-order valence-electron chi connectivity index (χ2n) is 7.97. The molecule has 0 atom stereocenters. The van der Waals surface area contributed by atoms with Crippen molar-refractivity contribution < 1.29 is 14.4 Å². The van der Waals surface area contributed by atoms with Crippen LogP contribution < -0.4 is 4.90 Å². The molecule has 4 rings (SSSR count). The average Bonchev–Trinajstić information content (AvgIpc) is 3.43. The number of anilines is 1. The van der Waals surface area contributed by atoms with Crippen molar-refractivity contribution in [3.8, 4) is 0 Å². The van der Waals surface area contributed by atoms with Crippen molar-refractivity contribution in [2.75, 3.05) is 4.90 Å². The quantitative estimate of drug-likeness (QED) is 0.602. The lowest BCUT2D eigenvalue weighted by molar-refractivity contribution is -0.122. The van der Waals surface area contributed by atoms with Crippen LogP contribution >= 0.6 is 0 Å². The predicted octanol–water partition coefficient (Wildman–Crippen LogP) is 3.63. The zero-order chi connectivity index (χ0) is 19.3. The van der Waals surface area contributed by atoms with Gasteiger partial charge in [0.25, 0.3) is 0 Å². The van der Waals surface area contributed by atoms with E-state index < -0.39 is 5.41 Å². The molecular weight excluding hydrogens is 340 g/mol. The van der Waals surface area contributed by atoms with Crippen molar-refractivity contribution in [2.24, 2.45) is 0 Å². The minimum Gasteiger partial charge on any atom is -0.308 e. The largest absolute Gasteiger partial charge is 0.308 e. The van der Waals surface area contributed by atoms with Crippen LogP contribution in [0.15, 0.2) is 36.5 Å². The summed E-state index contributed by atoms with van der Waals surface area (Å²) < 4.78 is 0. The molecule has 1 amide bonds. The van der Waals surface area contributed by atoms with E-state index in [9.17, 15) is 14.4 Å². The van der Waals surface area contributed by atoms with Crippen LogP contribution in [-0.2, 0) is 10.2 Å². The Morgan fingerprint density at radius 3 is 2.41 bits per heavy atom. The van der Waals surface area contributed by atoms with Crippen molar-refractivity contribution in [2.45, 2.75) is 51.5 Å². The summed E-state index contributed by atoms with van der Waals surface area (Å²) in [6.45, 7) is 5.66. The molecule has 1 aliphatic carbocycles. The first kappa shape index (κ1) is 17.6. The summed E-state index contributed by atoms with van der Waals surface area (Å²) in [6, 6.07) is 8.94. The maximum absolute atomic E-state index is 12.8. The third-order valence-electron chi connectivity index (χ3n) is 5.46. The zero-order valence-electron chi connectivity index (χ0n) is 15.8. The number of carbonyl (C=O) groups excluding carboxylic acids is 3. The molecule has 0 radical (unpaired) electrons. The van der Waals surface area contributed by atoms with Gasteiger partial charge in [-0.15, -0.1) is 0 Å². The Bertz CT molecular complexity index is 973. The van der Waals surface area contributed by atoms with Crippen molar-refractivity contribution >= 4 is 23.2 Å². The van der Waals surface area contributed by atoms with Gasteiger partial charge in [-0.3, -0.25) is 19.4 Å². The highest BCUT2D eigenvalue weighted by Crippen LogP contribution is 2.46. The normalized spacial score (nSPS) is 17.7. The molecule has 0 spiro atoms. The van der Waals surface area contributed by atoms with E-state index in [0.717, 1.165) is 29.8 Å². The first-order chi connectivity index (χ1) is 12.8. The van der Waals surface area contributed by atoms with Crippen LogP contribution in [-0.4, -0.2) is 28.5 Å². The minimum atomic E-state index is -0.579. The van der Waals surface area contributed by atoms with Crippen LogP contribution in [0.1, 0.15) is 65.1 Å². The van der Waals surface area contributed by atoms with Crippen molar-refractivity contribution in [1.29, 1.82) is 0 Å². The Kier molecular flexibility index (Phi) is 3.98. The molecule has 5 heteroatoms. The van der Waals surface area contributed by atoms with Crippen LogP contribution in [0.25, 0.3) is 0 Å². The molecular formula is C22H22N2O3. The Labute approximate surface area is 158 Å². The Morgan fingerprint density at radius 1 is 1.11 bits per heavy atom. The summed E-state index contributed by atoms with van der Waals surface area (Å²) in [7, 11) is 0. The minimum absolute atomic E-state index is 0.0907. The molecule has 1 fully saturated rings. The molecule has 0 saturated heterocycles. The zero-order valence-corrected chi connectivity index (χ0v) is 15.8. The monoisotopic (exact) mass is 362 g/mol. The van der Waals surface area contributed by atoms with Gasteiger partial charge in [0.1, 0.15) is 0 Å². The number of benzene rings is 1. The molecule has 2 aliphatic rings. The van der Waals surface area contributed by atoms with E-state index in [1.807, 2.05) is 31.7 Å². The maximum Gasteiger partial charge on any atom is 0.237 e. The van der Waals surface area contributed by atoms with Crippen molar-refractivity contribution in [3.63, 3.8) is 0 Å². The lowest BCUT2D eigenvalue weighted by Gasteiger charge is -2.19. The predicted molar refractivity (Wildman–Crippen MR) is 102 cm³/mol. The summed E-state index contributed by atoms with van der Waals surface area (Å²) in [6.07, 6.45) is 3.38. The van der Waals surface area contributed by atoms with Gasteiger partial charge in [0.15, 0.2) is 11.6 Å². The molecule has 2 aromatic rings. The third kappa shape index (κ3) is 2.97. The second-order valence-corrected chi connectivity index (χ2v) is 7.97. The topological polar surface area (TPSA) is 67.3 Å². The van der Waals surface area contributed by atoms with Crippen LogP contribution in [0.5, 0.6) is 0 Å². The van der Waals surface area contributed by atoms with E-state index in [1.54, 1.807) is 30.5 Å². The number of aromatic nitrogens is 1. The fourth-order valence-corrected chi connectivity index (χ4v) is 3.72. The standard InChI is InChI=1S/C22H22N2O3/c1-13-10-15(8-9-23-13)20(26)12-19(25)14-4-7-17-18(11-14)24(16-5-6-16)21(27)22(17,2)3/h4,7-11,16H,5-6,12H2,1-3H3. The fraction of sp³-hybridized carbons (Fsp3) is 0.364. The first-order valence-corrected chi connectivity index (χ1v) is 9.26. The number of carbonyl (C=O) groups is 3. The number of nitrogens with zero attached hydrogens (tertiary/aromatic N) is 2. The molecule has 0 bridgehead atoms. The maximum atomic E-state index is 12.8. The smallest absolute Gasteiger partial charge is 0.237 e. The fourth-order valence-electron chi connectivity index (χ4n) is 3.72. The Balaban J connectivity index is 1.61. The van der Waals surface area contributed by atoms with E-state index in [-0.39, 0.29) is 29.9 Å². The third-order valence-corrected chi connectivity index (χ3v) is 5.46. The van der Waals surface area contributed by atoms with Crippen LogP contribution in [0, 0.1) is 6.92 Å².